The maximum atomic E-state index is 5.99. The van der Waals surface area contributed by atoms with Gasteiger partial charge in [-0.15, -0.1) is 0 Å². The minimum absolute atomic E-state index is 0.679. The van der Waals surface area contributed by atoms with E-state index in [4.69, 9.17) is 16.3 Å². The van der Waals surface area contributed by atoms with E-state index >= 15 is 0 Å². The van der Waals surface area contributed by atoms with Gasteiger partial charge in [-0.2, -0.15) is 0 Å². The molecule has 1 heterocycles. The van der Waals surface area contributed by atoms with Gasteiger partial charge in [0.25, 0.3) is 0 Å². The first-order valence-electron chi connectivity index (χ1n) is 5.62. The molecule has 1 N–H and O–H groups in total. The topological polar surface area (TPSA) is 21.3 Å². The molecule has 0 aliphatic carbocycles. The lowest BCUT2D eigenvalue weighted by atomic mass is 10.1. The smallest absolute Gasteiger partial charge is 0.137 e. The van der Waals surface area contributed by atoms with Crippen LogP contribution >= 0.6 is 11.6 Å². The fourth-order valence-electron chi connectivity index (χ4n) is 1.74. The third-order valence-corrected chi connectivity index (χ3v) is 2.94. The van der Waals surface area contributed by atoms with Gasteiger partial charge in [0, 0.05) is 13.0 Å². The number of nitrogens with one attached hydrogen (secondary N) is 1. The van der Waals surface area contributed by atoms with Gasteiger partial charge in [0.1, 0.15) is 5.75 Å². The summed E-state index contributed by atoms with van der Waals surface area (Å²) in [7, 11) is 0. The van der Waals surface area contributed by atoms with Crippen molar-refractivity contribution >= 4 is 11.6 Å². The average molecular weight is 238 g/mol. The number of ether oxygens (including phenoxy) is 1. The standard InChI is InChI=1S/C13H16ClNO/c14-12-5-1-2-6-13(12)16-9-7-11-4-3-8-15-10-11/h1-2,4-6,15H,3,7-10H2. The summed E-state index contributed by atoms with van der Waals surface area (Å²) in [5.41, 5.74) is 1.43. The first-order chi connectivity index (χ1) is 7.86. The molecule has 2 nitrogen and oxygen atoms in total. The third kappa shape index (κ3) is 3.26. The van der Waals surface area contributed by atoms with Gasteiger partial charge in [-0.3, -0.25) is 0 Å². The SMILES string of the molecule is Clc1ccccc1OCCC1=CCCNC1. The van der Waals surface area contributed by atoms with Gasteiger partial charge in [-0.05, 0) is 25.1 Å². The van der Waals surface area contributed by atoms with Gasteiger partial charge in [-0.1, -0.05) is 35.4 Å². The summed E-state index contributed by atoms with van der Waals surface area (Å²) >= 11 is 5.99. The lowest BCUT2D eigenvalue weighted by molar-refractivity contribution is 0.319. The summed E-state index contributed by atoms with van der Waals surface area (Å²) in [4.78, 5) is 0. The molecule has 0 bridgehead atoms. The molecule has 0 unspecified atom stereocenters. The maximum Gasteiger partial charge on any atom is 0.137 e. The van der Waals surface area contributed by atoms with Crippen LogP contribution in [-0.4, -0.2) is 19.7 Å². The largest absolute Gasteiger partial charge is 0.492 e. The molecular weight excluding hydrogens is 222 g/mol. The Morgan fingerprint density at radius 2 is 2.19 bits per heavy atom. The van der Waals surface area contributed by atoms with Crippen molar-refractivity contribution in [3.63, 3.8) is 0 Å². The van der Waals surface area contributed by atoms with Crippen LogP contribution in [0, 0.1) is 0 Å². The normalized spacial score (nSPS) is 15.7. The Bertz CT molecular complexity index is 376. The minimum Gasteiger partial charge on any atom is -0.492 e. The summed E-state index contributed by atoms with van der Waals surface area (Å²) in [5.74, 6) is 0.772. The van der Waals surface area contributed by atoms with Crippen molar-refractivity contribution in [1.82, 2.24) is 5.32 Å². The number of rotatable bonds is 4. The molecule has 86 valence electrons. The van der Waals surface area contributed by atoms with Crippen LogP contribution in [0.2, 0.25) is 5.02 Å². The number of hydrogen-bond acceptors (Lipinski definition) is 2. The molecule has 0 spiro atoms. The highest BCUT2D eigenvalue weighted by atomic mass is 35.5. The van der Waals surface area contributed by atoms with Crippen LogP contribution in [0.1, 0.15) is 12.8 Å². The third-order valence-electron chi connectivity index (χ3n) is 2.62. The molecule has 0 aromatic heterocycles. The molecule has 0 saturated carbocycles. The zero-order valence-electron chi connectivity index (χ0n) is 9.21. The van der Waals surface area contributed by atoms with Crippen LogP contribution in [0.4, 0.5) is 0 Å². The van der Waals surface area contributed by atoms with E-state index in [-0.39, 0.29) is 0 Å². The van der Waals surface area contributed by atoms with Gasteiger partial charge < -0.3 is 10.1 Å². The fourth-order valence-corrected chi connectivity index (χ4v) is 1.93. The van der Waals surface area contributed by atoms with Crippen molar-refractivity contribution in [3.8, 4) is 5.75 Å². The zero-order chi connectivity index (χ0) is 11.2. The Labute approximate surface area is 101 Å². The van der Waals surface area contributed by atoms with Crippen LogP contribution in [0.3, 0.4) is 0 Å². The van der Waals surface area contributed by atoms with Crippen LogP contribution in [0.15, 0.2) is 35.9 Å². The molecule has 16 heavy (non-hydrogen) atoms. The number of halogens is 1. The molecule has 1 aromatic carbocycles. The van der Waals surface area contributed by atoms with Crippen molar-refractivity contribution in [3.05, 3.63) is 40.9 Å². The summed E-state index contributed by atoms with van der Waals surface area (Å²) in [6.45, 7) is 2.78. The Morgan fingerprint density at radius 3 is 2.94 bits per heavy atom. The lowest BCUT2D eigenvalue weighted by Crippen LogP contribution is -2.23. The molecule has 0 atom stereocenters. The molecule has 0 saturated heterocycles. The maximum absolute atomic E-state index is 5.99. The molecule has 2 rings (SSSR count). The van der Waals surface area contributed by atoms with E-state index in [9.17, 15) is 0 Å². The molecule has 0 fully saturated rings. The van der Waals surface area contributed by atoms with E-state index in [1.165, 1.54) is 5.57 Å². The second-order valence-electron chi connectivity index (χ2n) is 3.86. The van der Waals surface area contributed by atoms with E-state index in [0.717, 1.165) is 31.7 Å². The van der Waals surface area contributed by atoms with Crippen LogP contribution in [0.25, 0.3) is 0 Å². The average Bonchev–Trinajstić information content (AvgIpc) is 2.33. The first kappa shape index (κ1) is 11.5. The van der Waals surface area contributed by atoms with Gasteiger partial charge >= 0.3 is 0 Å². The lowest BCUT2D eigenvalue weighted by Gasteiger charge is -2.14. The molecule has 1 aliphatic heterocycles. The van der Waals surface area contributed by atoms with E-state index < -0.39 is 0 Å². The zero-order valence-corrected chi connectivity index (χ0v) is 9.96. The Balaban J connectivity index is 1.80. The minimum atomic E-state index is 0.679. The Hall–Kier alpha value is -0.990. The van der Waals surface area contributed by atoms with Crippen molar-refractivity contribution < 1.29 is 4.74 Å². The van der Waals surface area contributed by atoms with Gasteiger partial charge in [-0.25, -0.2) is 0 Å². The van der Waals surface area contributed by atoms with Crippen LogP contribution in [-0.2, 0) is 0 Å². The van der Waals surface area contributed by atoms with Crippen LogP contribution in [0.5, 0.6) is 5.75 Å². The van der Waals surface area contributed by atoms with Gasteiger partial charge in [0.05, 0.1) is 11.6 Å². The molecule has 3 heteroatoms. The van der Waals surface area contributed by atoms with Gasteiger partial charge in [0.2, 0.25) is 0 Å². The quantitative estimate of drug-likeness (QED) is 0.813. The van der Waals surface area contributed by atoms with Gasteiger partial charge in [0.15, 0.2) is 0 Å². The Kier molecular flexibility index (Phi) is 4.25. The predicted octanol–water partition coefficient (Wildman–Crippen LogP) is 3.03. The highest BCUT2D eigenvalue weighted by Crippen LogP contribution is 2.23. The number of benzene rings is 1. The van der Waals surface area contributed by atoms with Crippen molar-refractivity contribution in [1.29, 1.82) is 0 Å². The fraction of sp³-hybridized carbons (Fsp3) is 0.385. The highest BCUT2D eigenvalue weighted by Gasteiger charge is 2.04. The molecule has 1 aromatic rings. The van der Waals surface area contributed by atoms with E-state index in [1.807, 2.05) is 24.3 Å². The summed E-state index contributed by atoms with van der Waals surface area (Å²) in [6, 6.07) is 7.58. The molecule has 1 aliphatic rings. The van der Waals surface area contributed by atoms with E-state index in [0.29, 0.717) is 11.6 Å². The number of para-hydroxylation sites is 1. The van der Waals surface area contributed by atoms with E-state index in [1.54, 1.807) is 0 Å². The monoisotopic (exact) mass is 237 g/mol. The summed E-state index contributed by atoms with van der Waals surface area (Å²) < 4.78 is 5.64. The van der Waals surface area contributed by atoms with Crippen LogP contribution < -0.4 is 10.1 Å². The Morgan fingerprint density at radius 1 is 1.31 bits per heavy atom. The van der Waals surface area contributed by atoms with Crippen molar-refractivity contribution in [2.24, 2.45) is 0 Å². The molecular formula is C13H16ClNO. The van der Waals surface area contributed by atoms with Crippen molar-refractivity contribution in [2.45, 2.75) is 12.8 Å². The second kappa shape index (κ2) is 5.92. The molecule has 0 radical (unpaired) electrons. The summed E-state index contributed by atoms with van der Waals surface area (Å²) in [6.07, 6.45) is 4.39. The highest BCUT2D eigenvalue weighted by molar-refractivity contribution is 6.32. The van der Waals surface area contributed by atoms with Crippen molar-refractivity contribution in [2.75, 3.05) is 19.7 Å². The second-order valence-corrected chi connectivity index (χ2v) is 4.26. The predicted molar refractivity (Wildman–Crippen MR) is 67.1 cm³/mol. The molecule has 0 amide bonds. The van der Waals surface area contributed by atoms with E-state index in [2.05, 4.69) is 11.4 Å². The number of hydrogen-bond donors (Lipinski definition) is 1. The first-order valence-corrected chi connectivity index (χ1v) is 6.00. The summed E-state index contributed by atoms with van der Waals surface area (Å²) in [5, 5.41) is 4.02.